The minimum atomic E-state index is -0.488. The van der Waals surface area contributed by atoms with E-state index in [-0.39, 0.29) is 20.7 Å². The third kappa shape index (κ3) is 7.27. The van der Waals surface area contributed by atoms with Crippen LogP contribution in [-0.4, -0.2) is 59.9 Å². The first kappa shape index (κ1) is 21.1. The molecule has 0 bridgehead atoms. The molecule has 0 unspecified atom stereocenters. The summed E-state index contributed by atoms with van der Waals surface area (Å²) in [5, 5.41) is 2.70. The number of hydrogen-bond donors (Lipinski definition) is 2. The molecule has 0 aromatic heterocycles. The highest BCUT2D eigenvalue weighted by molar-refractivity contribution is 6.12. The minimum absolute atomic E-state index is 0. The molecular weight excluding hydrogens is 296 g/mol. The lowest BCUT2D eigenvalue weighted by molar-refractivity contribution is -0.137. The van der Waals surface area contributed by atoms with E-state index in [2.05, 4.69) is 10.2 Å². The van der Waals surface area contributed by atoms with Gasteiger partial charge in [-0.15, -0.1) is 0 Å². The van der Waals surface area contributed by atoms with Crippen molar-refractivity contribution in [2.45, 2.75) is 46.6 Å². The van der Waals surface area contributed by atoms with Crippen molar-refractivity contribution >= 4 is 17.8 Å². The van der Waals surface area contributed by atoms with E-state index in [0.717, 1.165) is 25.9 Å². The lowest BCUT2D eigenvalue weighted by Crippen LogP contribution is -2.48. The van der Waals surface area contributed by atoms with Gasteiger partial charge < -0.3 is 16.0 Å². The van der Waals surface area contributed by atoms with Gasteiger partial charge in [-0.05, 0) is 12.8 Å². The van der Waals surface area contributed by atoms with Crippen molar-refractivity contribution in [2.75, 3.05) is 26.2 Å². The lowest BCUT2D eigenvalue weighted by Gasteiger charge is -2.32. The molecular formula is C16H34N4O3. The fourth-order valence-corrected chi connectivity index (χ4v) is 2.40. The molecule has 0 saturated carbocycles. The molecule has 0 aliphatic carbocycles. The van der Waals surface area contributed by atoms with Crippen LogP contribution >= 0.6 is 0 Å². The highest BCUT2D eigenvalue weighted by Crippen LogP contribution is 2.11. The fraction of sp³-hybridized carbons (Fsp3) is 0.688. The van der Waals surface area contributed by atoms with Crippen LogP contribution in [0.15, 0.2) is 12.2 Å². The first-order chi connectivity index (χ1) is 11.1. The van der Waals surface area contributed by atoms with Crippen LogP contribution in [-0.2, 0) is 9.59 Å². The Morgan fingerprint density at radius 1 is 1.13 bits per heavy atom. The molecule has 0 aromatic rings. The van der Waals surface area contributed by atoms with E-state index in [0.29, 0.717) is 13.1 Å². The largest absolute Gasteiger partial charge is 0.352 e. The second-order valence-corrected chi connectivity index (χ2v) is 4.79. The van der Waals surface area contributed by atoms with Crippen LogP contribution in [0, 0.1) is 0 Å². The Morgan fingerprint density at radius 2 is 1.61 bits per heavy atom. The third-order valence-corrected chi connectivity index (χ3v) is 3.47. The van der Waals surface area contributed by atoms with Crippen LogP contribution < -0.4 is 11.1 Å². The van der Waals surface area contributed by atoms with Gasteiger partial charge in [0.2, 0.25) is 0 Å². The molecule has 2 rings (SSSR count). The molecule has 0 spiro atoms. The number of hydrogen-bond acceptors (Lipinski definition) is 4. The van der Waals surface area contributed by atoms with Crippen LogP contribution in [0.25, 0.3) is 0 Å². The van der Waals surface area contributed by atoms with Crippen molar-refractivity contribution in [2.24, 2.45) is 5.73 Å². The van der Waals surface area contributed by atoms with E-state index in [1.807, 2.05) is 27.7 Å². The molecule has 23 heavy (non-hydrogen) atoms. The fourth-order valence-electron chi connectivity index (χ4n) is 2.40. The number of nitrogens with one attached hydrogen (secondary N) is 1. The molecule has 0 atom stereocenters. The third-order valence-electron chi connectivity index (χ3n) is 3.47. The molecule has 7 nitrogen and oxygen atoms in total. The molecule has 2 aliphatic heterocycles. The van der Waals surface area contributed by atoms with Gasteiger partial charge in [0.25, 0.3) is 11.8 Å². The maximum atomic E-state index is 11.4. The summed E-state index contributed by atoms with van der Waals surface area (Å²) in [5.74, 6) is -0.481. The number of carbonyl (C=O) groups excluding carboxylic acids is 3. The number of imide groups is 1. The summed E-state index contributed by atoms with van der Waals surface area (Å²) in [6, 6.07) is -0.358. The predicted molar refractivity (Wildman–Crippen MR) is 95.0 cm³/mol. The van der Waals surface area contributed by atoms with Gasteiger partial charge in [-0.2, -0.15) is 0 Å². The van der Waals surface area contributed by atoms with Crippen molar-refractivity contribution in [3.63, 3.8) is 0 Å². The Bertz CT molecular complexity index is 408. The monoisotopic (exact) mass is 330 g/mol. The van der Waals surface area contributed by atoms with Crippen LogP contribution in [0.1, 0.15) is 43.4 Å². The zero-order valence-electron chi connectivity index (χ0n) is 14.7. The summed E-state index contributed by atoms with van der Waals surface area (Å²) in [7, 11) is 0. The number of primary amides is 1. The molecule has 1 fully saturated rings. The Labute approximate surface area is 141 Å². The van der Waals surface area contributed by atoms with Gasteiger partial charge in [-0.3, -0.25) is 14.5 Å². The summed E-state index contributed by atoms with van der Waals surface area (Å²) >= 11 is 0. The standard InChI is InChI=1S/C12H18N4O3.2C2H6.2H2/c13-12(19)14-9-3-5-15(6-4-9)7-8-16-10(17)1-2-11(16)18;2*1-2;;/h1-2,9H,3-8H2,(H3,13,14,19);2*1-2H3;2*1H. The van der Waals surface area contributed by atoms with Crippen molar-refractivity contribution in [1.82, 2.24) is 15.1 Å². The van der Waals surface area contributed by atoms with Crippen LogP contribution in [0.4, 0.5) is 4.79 Å². The van der Waals surface area contributed by atoms with Gasteiger partial charge in [0.1, 0.15) is 0 Å². The lowest BCUT2D eigenvalue weighted by atomic mass is 10.1. The summed E-state index contributed by atoms with van der Waals surface area (Å²) in [6.45, 7) is 10.7. The van der Waals surface area contributed by atoms with Gasteiger partial charge in [0, 0.05) is 47.2 Å². The predicted octanol–water partition coefficient (Wildman–Crippen LogP) is 1.59. The Balaban J connectivity index is -0.000000752. The smallest absolute Gasteiger partial charge is 0.312 e. The molecule has 136 valence electrons. The maximum absolute atomic E-state index is 11.4. The van der Waals surface area contributed by atoms with Crippen molar-refractivity contribution in [3.8, 4) is 0 Å². The van der Waals surface area contributed by atoms with Gasteiger partial charge in [0.05, 0.1) is 0 Å². The maximum Gasteiger partial charge on any atom is 0.312 e. The summed E-state index contributed by atoms with van der Waals surface area (Å²) in [4.78, 5) is 36.9. The first-order valence-corrected chi connectivity index (χ1v) is 8.38. The van der Waals surface area contributed by atoms with E-state index in [1.54, 1.807) is 0 Å². The van der Waals surface area contributed by atoms with Gasteiger partial charge >= 0.3 is 6.03 Å². The van der Waals surface area contributed by atoms with Crippen LogP contribution in [0.5, 0.6) is 0 Å². The average molecular weight is 330 g/mol. The number of likely N-dealkylation sites (tertiary alicyclic amines) is 1. The van der Waals surface area contributed by atoms with Gasteiger partial charge in [-0.1, -0.05) is 27.7 Å². The summed E-state index contributed by atoms with van der Waals surface area (Å²) in [6.07, 6.45) is 4.27. The zero-order chi connectivity index (χ0) is 17.8. The van der Waals surface area contributed by atoms with E-state index < -0.39 is 6.03 Å². The number of rotatable bonds is 4. The molecule has 0 radical (unpaired) electrons. The van der Waals surface area contributed by atoms with E-state index >= 15 is 0 Å². The molecule has 1 saturated heterocycles. The van der Waals surface area contributed by atoms with Crippen molar-refractivity contribution in [1.29, 1.82) is 0 Å². The Morgan fingerprint density at radius 3 is 2.04 bits per heavy atom. The number of amides is 4. The molecule has 7 heteroatoms. The molecule has 3 N–H and O–H groups in total. The second-order valence-electron chi connectivity index (χ2n) is 4.79. The number of urea groups is 1. The first-order valence-electron chi connectivity index (χ1n) is 8.38. The van der Waals surface area contributed by atoms with E-state index in [1.165, 1.54) is 17.1 Å². The molecule has 0 aromatic carbocycles. The SMILES string of the molecule is CC.CC.NC(=O)NC1CCN(CCN2C(=O)C=CC2=O)CC1.[HH].[HH]. The number of nitrogens with zero attached hydrogens (tertiary/aromatic N) is 2. The van der Waals surface area contributed by atoms with E-state index in [4.69, 9.17) is 5.73 Å². The number of nitrogens with two attached hydrogens (primary N) is 1. The van der Waals surface area contributed by atoms with Crippen molar-refractivity contribution in [3.05, 3.63) is 12.2 Å². The van der Waals surface area contributed by atoms with Crippen molar-refractivity contribution < 1.29 is 17.2 Å². The topological polar surface area (TPSA) is 95.7 Å². The highest BCUT2D eigenvalue weighted by atomic mass is 16.2. The van der Waals surface area contributed by atoms with Gasteiger partial charge in [0.15, 0.2) is 0 Å². The number of carbonyl (C=O) groups is 3. The normalized spacial score (nSPS) is 18.0. The van der Waals surface area contributed by atoms with E-state index in [9.17, 15) is 14.4 Å². The quantitative estimate of drug-likeness (QED) is 0.765. The minimum Gasteiger partial charge on any atom is -0.352 e. The second kappa shape index (κ2) is 11.6. The molecule has 2 aliphatic rings. The Kier molecular flexibility index (Phi) is 10.7. The molecule has 4 amide bonds. The zero-order valence-corrected chi connectivity index (χ0v) is 14.7. The molecule has 2 heterocycles. The summed E-state index contributed by atoms with van der Waals surface area (Å²) in [5.41, 5.74) is 5.08. The van der Waals surface area contributed by atoms with Crippen LogP contribution in [0.2, 0.25) is 0 Å². The van der Waals surface area contributed by atoms with Crippen LogP contribution in [0.3, 0.4) is 0 Å². The summed E-state index contributed by atoms with van der Waals surface area (Å²) < 4.78 is 0. The average Bonchev–Trinajstić information content (AvgIpc) is 2.89. The van der Waals surface area contributed by atoms with Gasteiger partial charge in [-0.25, -0.2) is 4.79 Å². The highest BCUT2D eigenvalue weighted by Gasteiger charge is 2.25. The Hall–Kier alpha value is -1.89. The number of piperidine rings is 1.